The SMILES string of the molecule is CC[C@@]1(c2ccc(C)cc2)NC(=O)N(CC(=O)N2CCOCC2)C1=O. The van der Waals surface area contributed by atoms with Crippen molar-refractivity contribution < 1.29 is 19.1 Å². The number of rotatable bonds is 4. The summed E-state index contributed by atoms with van der Waals surface area (Å²) in [5.41, 5.74) is 0.710. The van der Waals surface area contributed by atoms with Gasteiger partial charge in [0.1, 0.15) is 12.1 Å². The molecule has 1 N–H and O–H groups in total. The van der Waals surface area contributed by atoms with Crippen LogP contribution < -0.4 is 5.32 Å². The molecule has 2 aliphatic rings. The standard InChI is InChI=1S/C18H23N3O4/c1-3-18(14-6-4-13(2)5-7-14)16(23)21(17(24)19-18)12-15(22)20-8-10-25-11-9-20/h4-7H,3,8-12H2,1-2H3,(H,19,24)/t18-/m0/s1. The van der Waals surface area contributed by atoms with Gasteiger partial charge in [-0.2, -0.15) is 0 Å². The third kappa shape index (κ3) is 3.11. The number of nitrogens with one attached hydrogen (secondary N) is 1. The van der Waals surface area contributed by atoms with Crippen molar-refractivity contribution in [2.45, 2.75) is 25.8 Å². The second kappa shape index (κ2) is 6.84. The molecule has 0 aromatic heterocycles. The number of carbonyl (C=O) groups is 3. The Balaban J connectivity index is 1.80. The molecule has 0 saturated carbocycles. The molecule has 3 rings (SSSR count). The lowest BCUT2D eigenvalue weighted by molar-refractivity contribution is -0.141. The lowest BCUT2D eigenvalue weighted by Crippen LogP contribution is -2.48. The number of imide groups is 1. The molecule has 0 radical (unpaired) electrons. The van der Waals surface area contributed by atoms with Crippen LogP contribution in [0.2, 0.25) is 0 Å². The average Bonchev–Trinajstić information content (AvgIpc) is 2.88. The van der Waals surface area contributed by atoms with Crippen molar-refractivity contribution in [1.82, 2.24) is 15.1 Å². The highest BCUT2D eigenvalue weighted by Crippen LogP contribution is 2.32. The number of carbonyl (C=O) groups excluding carboxylic acids is 3. The molecule has 1 aromatic carbocycles. The third-order valence-electron chi connectivity index (χ3n) is 4.91. The molecular formula is C18H23N3O4. The summed E-state index contributed by atoms with van der Waals surface area (Å²) in [5.74, 6) is -0.604. The van der Waals surface area contributed by atoms with Crippen LogP contribution in [0.25, 0.3) is 0 Å². The largest absolute Gasteiger partial charge is 0.378 e. The minimum absolute atomic E-state index is 0.234. The van der Waals surface area contributed by atoms with Crippen LogP contribution in [-0.2, 0) is 19.9 Å². The zero-order valence-corrected chi connectivity index (χ0v) is 14.6. The smallest absolute Gasteiger partial charge is 0.325 e. The van der Waals surface area contributed by atoms with Gasteiger partial charge in [-0.3, -0.25) is 14.5 Å². The van der Waals surface area contributed by atoms with Crippen LogP contribution >= 0.6 is 0 Å². The molecule has 0 spiro atoms. The van der Waals surface area contributed by atoms with Gasteiger partial charge in [0.05, 0.1) is 13.2 Å². The van der Waals surface area contributed by atoms with Crippen molar-refractivity contribution in [3.63, 3.8) is 0 Å². The van der Waals surface area contributed by atoms with Crippen LogP contribution in [0.5, 0.6) is 0 Å². The molecule has 7 nitrogen and oxygen atoms in total. The van der Waals surface area contributed by atoms with E-state index in [4.69, 9.17) is 4.74 Å². The molecule has 1 atom stereocenters. The molecule has 2 fully saturated rings. The molecule has 2 saturated heterocycles. The van der Waals surface area contributed by atoms with E-state index in [1.807, 2.05) is 38.1 Å². The quantitative estimate of drug-likeness (QED) is 0.826. The first-order valence-corrected chi connectivity index (χ1v) is 8.54. The summed E-state index contributed by atoms with van der Waals surface area (Å²) in [6, 6.07) is 7.00. The maximum atomic E-state index is 13.0. The molecule has 0 aliphatic carbocycles. The molecule has 2 aliphatic heterocycles. The van der Waals surface area contributed by atoms with E-state index < -0.39 is 11.6 Å². The normalized spacial score (nSPS) is 23.8. The Bertz CT molecular complexity index is 682. The van der Waals surface area contributed by atoms with Crippen molar-refractivity contribution >= 4 is 17.8 Å². The highest BCUT2D eigenvalue weighted by molar-refractivity contribution is 6.09. The number of hydrogen-bond acceptors (Lipinski definition) is 4. The minimum Gasteiger partial charge on any atom is -0.378 e. The van der Waals surface area contributed by atoms with Crippen LogP contribution in [0, 0.1) is 6.92 Å². The predicted molar refractivity (Wildman–Crippen MR) is 90.8 cm³/mol. The molecule has 4 amide bonds. The second-order valence-corrected chi connectivity index (χ2v) is 6.44. The molecule has 7 heteroatoms. The Labute approximate surface area is 146 Å². The molecule has 2 heterocycles. The van der Waals surface area contributed by atoms with Crippen LogP contribution in [0.3, 0.4) is 0 Å². The van der Waals surface area contributed by atoms with E-state index in [0.29, 0.717) is 32.7 Å². The monoisotopic (exact) mass is 345 g/mol. The average molecular weight is 345 g/mol. The minimum atomic E-state index is -1.10. The summed E-state index contributed by atoms with van der Waals surface area (Å²) in [7, 11) is 0. The van der Waals surface area contributed by atoms with Gasteiger partial charge in [0.2, 0.25) is 5.91 Å². The lowest BCUT2D eigenvalue weighted by atomic mass is 9.87. The Morgan fingerprint density at radius 1 is 1.20 bits per heavy atom. The highest BCUT2D eigenvalue weighted by atomic mass is 16.5. The van der Waals surface area contributed by atoms with Crippen LogP contribution in [-0.4, -0.2) is 60.5 Å². The zero-order valence-electron chi connectivity index (χ0n) is 14.6. The van der Waals surface area contributed by atoms with Gasteiger partial charge in [-0.15, -0.1) is 0 Å². The van der Waals surface area contributed by atoms with Gasteiger partial charge in [0.15, 0.2) is 0 Å². The lowest BCUT2D eigenvalue weighted by Gasteiger charge is -2.29. The van der Waals surface area contributed by atoms with E-state index in [1.54, 1.807) is 4.90 Å². The summed E-state index contributed by atoms with van der Waals surface area (Å²) < 4.78 is 5.23. The fourth-order valence-corrected chi connectivity index (χ4v) is 3.30. The Kier molecular flexibility index (Phi) is 4.76. The van der Waals surface area contributed by atoms with Crippen LogP contribution in [0.15, 0.2) is 24.3 Å². The Morgan fingerprint density at radius 2 is 1.84 bits per heavy atom. The second-order valence-electron chi connectivity index (χ2n) is 6.44. The molecular weight excluding hydrogens is 322 g/mol. The van der Waals surface area contributed by atoms with E-state index in [1.165, 1.54) is 0 Å². The van der Waals surface area contributed by atoms with E-state index >= 15 is 0 Å². The molecule has 0 bridgehead atoms. The third-order valence-corrected chi connectivity index (χ3v) is 4.91. The number of nitrogens with zero attached hydrogens (tertiary/aromatic N) is 2. The first kappa shape index (κ1) is 17.4. The maximum absolute atomic E-state index is 13.0. The number of benzene rings is 1. The summed E-state index contributed by atoms with van der Waals surface area (Å²) in [6.45, 7) is 5.51. The van der Waals surface area contributed by atoms with E-state index in [-0.39, 0.29) is 18.4 Å². The number of ether oxygens (including phenoxy) is 1. The maximum Gasteiger partial charge on any atom is 0.325 e. The molecule has 25 heavy (non-hydrogen) atoms. The van der Waals surface area contributed by atoms with Gasteiger partial charge < -0.3 is 15.0 Å². The fraction of sp³-hybridized carbons (Fsp3) is 0.500. The number of urea groups is 1. The fourth-order valence-electron chi connectivity index (χ4n) is 3.30. The van der Waals surface area contributed by atoms with Crippen LogP contribution in [0.4, 0.5) is 4.79 Å². The van der Waals surface area contributed by atoms with Gasteiger partial charge in [-0.05, 0) is 18.9 Å². The van der Waals surface area contributed by atoms with E-state index in [9.17, 15) is 14.4 Å². The van der Waals surface area contributed by atoms with Crippen molar-refractivity contribution in [1.29, 1.82) is 0 Å². The van der Waals surface area contributed by atoms with Gasteiger partial charge in [0.25, 0.3) is 5.91 Å². The first-order valence-electron chi connectivity index (χ1n) is 8.54. The first-order chi connectivity index (χ1) is 12.0. The van der Waals surface area contributed by atoms with Crippen molar-refractivity contribution in [3.8, 4) is 0 Å². The number of amides is 4. The van der Waals surface area contributed by atoms with Crippen molar-refractivity contribution in [3.05, 3.63) is 35.4 Å². The molecule has 134 valence electrons. The number of aryl methyl sites for hydroxylation is 1. The van der Waals surface area contributed by atoms with Gasteiger partial charge in [-0.25, -0.2) is 4.79 Å². The topological polar surface area (TPSA) is 79.0 Å². The number of morpholine rings is 1. The predicted octanol–water partition coefficient (Wildman–Crippen LogP) is 1.01. The Hall–Kier alpha value is -2.41. The van der Waals surface area contributed by atoms with Crippen molar-refractivity contribution in [2.24, 2.45) is 0 Å². The molecule has 1 aromatic rings. The zero-order chi connectivity index (χ0) is 18.0. The van der Waals surface area contributed by atoms with E-state index in [2.05, 4.69) is 5.32 Å². The summed E-state index contributed by atoms with van der Waals surface area (Å²) in [6.07, 6.45) is 0.420. The van der Waals surface area contributed by atoms with Gasteiger partial charge >= 0.3 is 6.03 Å². The van der Waals surface area contributed by atoms with Crippen molar-refractivity contribution in [2.75, 3.05) is 32.8 Å². The summed E-state index contributed by atoms with van der Waals surface area (Å²) >= 11 is 0. The summed E-state index contributed by atoms with van der Waals surface area (Å²) in [4.78, 5) is 40.5. The highest BCUT2D eigenvalue weighted by Gasteiger charge is 2.51. The van der Waals surface area contributed by atoms with Gasteiger partial charge in [-0.1, -0.05) is 36.8 Å². The number of hydrogen-bond donors (Lipinski definition) is 1. The van der Waals surface area contributed by atoms with Crippen LogP contribution in [0.1, 0.15) is 24.5 Å². The van der Waals surface area contributed by atoms with E-state index in [0.717, 1.165) is 16.0 Å². The summed E-state index contributed by atoms with van der Waals surface area (Å²) in [5, 5.41) is 2.80. The Morgan fingerprint density at radius 3 is 2.44 bits per heavy atom. The molecule has 0 unspecified atom stereocenters. The van der Waals surface area contributed by atoms with Gasteiger partial charge in [0, 0.05) is 13.1 Å².